The Morgan fingerprint density at radius 3 is 3.00 bits per heavy atom. The number of esters is 1. The maximum atomic E-state index is 10.8. The number of rotatable bonds is 2. The molecule has 0 aromatic heterocycles. The SMILES string of the molecule is COC(=O)C=Cc1cccc(C#N)c1. The van der Waals surface area contributed by atoms with Crippen molar-refractivity contribution in [2.45, 2.75) is 0 Å². The quantitative estimate of drug-likeness (QED) is 0.523. The smallest absolute Gasteiger partial charge is 0.330 e. The summed E-state index contributed by atoms with van der Waals surface area (Å²) in [5, 5.41) is 8.62. The topological polar surface area (TPSA) is 50.1 Å². The van der Waals surface area contributed by atoms with Crippen LogP contribution in [0.25, 0.3) is 6.08 Å². The Hall–Kier alpha value is -2.08. The van der Waals surface area contributed by atoms with Crippen molar-refractivity contribution >= 4 is 12.0 Å². The minimum absolute atomic E-state index is 0.410. The second-order valence-corrected chi connectivity index (χ2v) is 2.59. The van der Waals surface area contributed by atoms with Crippen LogP contribution in [0.3, 0.4) is 0 Å². The standard InChI is InChI=1S/C11H9NO2/c1-14-11(13)6-5-9-3-2-4-10(7-9)8-12/h2-7H,1H3. The number of ether oxygens (including phenoxy) is 1. The molecule has 0 N–H and O–H groups in total. The maximum absolute atomic E-state index is 10.8. The highest BCUT2D eigenvalue weighted by Crippen LogP contribution is 2.05. The van der Waals surface area contributed by atoms with Crippen molar-refractivity contribution in [1.82, 2.24) is 0 Å². The van der Waals surface area contributed by atoms with Gasteiger partial charge >= 0.3 is 5.97 Å². The van der Waals surface area contributed by atoms with Crippen LogP contribution in [-0.4, -0.2) is 13.1 Å². The normalized spacial score (nSPS) is 9.71. The van der Waals surface area contributed by atoms with Crippen LogP contribution in [0.1, 0.15) is 11.1 Å². The molecule has 0 saturated heterocycles. The molecule has 0 fully saturated rings. The van der Waals surface area contributed by atoms with Gasteiger partial charge in [-0.2, -0.15) is 5.26 Å². The van der Waals surface area contributed by atoms with Gasteiger partial charge in [-0.15, -0.1) is 0 Å². The van der Waals surface area contributed by atoms with Crippen molar-refractivity contribution < 1.29 is 9.53 Å². The molecule has 0 unspecified atom stereocenters. The molecule has 14 heavy (non-hydrogen) atoms. The minimum Gasteiger partial charge on any atom is -0.466 e. The molecule has 0 aliphatic rings. The van der Waals surface area contributed by atoms with Crippen molar-refractivity contribution in [2.75, 3.05) is 7.11 Å². The number of carbonyl (C=O) groups is 1. The van der Waals surface area contributed by atoms with E-state index in [9.17, 15) is 4.79 Å². The van der Waals surface area contributed by atoms with Crippen LogP contribution in [0.4, 0.5) is 0 Å². The number of hydrogen-bond donors (Lipinski definition) is 0. The van der Waals surface area contributed by atoms with E-state index in [1.54, 1.807) is 30.3 Å². The molecule has 0 heterocycles. The number of nitriles is 1. The minimum atomic E-state index is -0.410. The van der Waals surface area contributed by atoms with Gasteiger partial charge in [0.2, 0.25) is 0 Å². The molecular weight excluding hydrogens is 178 g/mol. The van der Waals surface area contributed by atoms with E-state index in [1.165, 1.54) is 13.2 Å². The predicted octanol–water partition coefficient (Wildman–Crippen LogP) is 1.74. The summed E-state index contributed by atoms with van der Waals surface area (Å²) in [5.74, 6) is -0.410. The van der Waals surface area contributed by atoms with Crippen molar-refractivity contribution in [3.8, 4) is 6.07 Å². The molecule has 3 heteroatoms. The van der Waals surface area contributed by atoms with Crippen molar-refractivity contribution in [3.05, 3.63) is 41.5 Å². The summed E-state index contributed by atoms with van der Waals surface area (Å²) in [4.78, 5) is 10.8. The van der Waals surface area contributed by atoms with Gasteiger partial charge in [0.1, 0.15) is 0 Å². The summed E-state index contributed by atoms with van der Waals surface area (Å²) >= 11 is 0. The fourth-order valence-corrected chi connectivity index (χ4v) is 0.944. The van der Waals surface area contributed by atoms with Gasteiger partial charge in [-0.1, -0.05) is 12.1 Å². The molecular formula is C11H9NO2. The van der Waals surface area contributed by atoms with E-state index in [4.69, 9.17) is 5.26 Å². The van der Waals surface area contributed by atoms with Gasteiger partial charge in [0.15, 0.2) is 0 Å². The molecule has 1 rings (SSSR count). The van der Waals surface area contributed by atoms with Crippen LogP contribution >= 0.6 is 0 Å². The molecule has 0 spiro atoms. The number of methoxy groups -OCH3 is 1. The first kappa shape index (κ1) is 10.0. The summed E-state index contributed by atoms with van der Waals surface area (Å²) in [5.41, 5.74) is 1.37. The Labute approximate surface area is 82.2 Å². The molecule has 1 aromatic rings. The summed E-state index contributed by atoms with van der Waals surface area (Å²) in [6, 6.07) is 8.98. The van der Waals surface area contributed by atoms with Gasteiger partial charge in [-0.3, -0.25) is 0 Å². The van der Waals surface area contributed by atoms with Crippen molar-refractivity contribution in [2.24, 2.45) is 0 Å². The highest BCUT2D eigenvalue weighted by molar-refractivity contribution is 5.86. The average molecular weight is 187 g/mol. The Morgan fingerprint density at radius 1 is 1.57 bits per heavy atom. The van der Waals surface area contributed by atoms with E-state index < -0.39 is 5.97 Å². The van der Waals surface area contributed by atoms with Gasteiger partial charge in [0.05, 0.1) is 18.7 Å². The van der Waals surface area contributed by atoms with Crippen LogP contribution < -0.4 is 0 Å². The monoisotopic (exact) mass is 187 g/mol. The van der Waals surface area contributed by atoms with Crippen LogP contribution in [0.5, 0.6) is 0 Å². The molecule has 0 aliphatic heterocycles. The summed E-state index contributed by atoms with van der Waals surface area (Å²) in [6.45, 7) is 0. The first-order valence-corrected chi connectivity index (χ1v) is 4.02. The lowest BCUT2D eigenvalue weighted by Gasteiger charge is -1.93. The lowest BCUT2D eigenvalue weighted by Crippen LogP contribution is -1.93. The third kappa shape index (κ3) is 2.76. The number of carbonyl (C=O) groups excluding carboxylic acids is 1. The largest absolute Gasteiger partial charge is 0.466 e. The van der Waals surface area contributed by atoms with Gasteiger partial charge in [0, 0.05) is 6.08 Å². The van der Waals surface area contributed by atoms with E-state index in [0.717, 1.165) is 5.56 Å². The van der Waals surface area contributed by atoms with E-state index in [-0.39, 0.29) is 0 Å². The number of hydrogen-bond acceptors (Lipinski definition) is 3. The van der Waals surface area contributed by atoms with Crippen LogP contribution in [-0.2, 0) is 9.53 Å². The van der Waals surface area contributed by atoms with Gasteiger partial charge in [0.25, 0.3) is 0 Å². The third-order valence-electron chi connectivity index (χ3n) is 1.63. The second-order valence-electron chi connectivity index (χ2n) is 2.59. The van der Waals surface area contributed by atoms with E-state index in [0.29, 0.717) is 5.56 Å². The Bertz CT molecular complexity index is 402. The maximum Gasteiger partial charge on any atom is 0.330 e. The number of nitrogens with zero attached hydrogens (tertiary/aromatic N) is 1. The zero-order valence-electron chi connectivity index (χ0n) is 7.73. The highest BCUT2D eigenvalue weighted by Gasteiger charge is 1.93. The zero-order chi connectivity index (χ0) is 10.4. The molecule has 0 radical (unpaired) electrons. The molecule has 3 nitrogen and oxygen atoms in total. The van der Waals surface area contributed by atoms with E-state index >= 15 is 0 Å². The molecule has 0 bridgehead atoms. The van der Waals surface area contributed by atoms with E-state index in [2.05, 4.69) is 4.74 Å². The van der Waals surface area contributed by atoms with Gasteiger partial charge < -0.3 is 4.74 Å². The first-order valence-electron chi connectivity index (χ1n) is 4.02. The predicted molar refractivity (Wildman–Crippen MR) is 52.2 cm³/mol. The lowest BCUT2D eigenvalue weighted by molar-refractivity contribution is -0.134. The highest BCUT2D eigenvalue weighted by atomic mass is 16.5. The molecule has 70 valence electrons. The molecule has 0 atom stereocenters. The van der Waals surface area contributed by atoms with Crippen LogP contribution in [0, 0.1) is 11.3 Å². The zero-order valence-corrected chi connectivity index (χ0v) is 7.73. The van der Waals surface area contributed by atoms with Gasteiger partial charge in [-0.25, -0.2) is 4.79 Å². The average Bonchev–Trinajstić information content (AvgIpc) is 2.26. The lowest BCUT2D eigenvalue weighted by atomic mass is 10.1. The Balaban J connectivity index is 2.83. The summed E-state index contributed by atoms with van der Waals surface area (Å²) in [7, 11) is 1.32. The van der Waals surface area contributed by atoms with Crippen LogP contribution in [0.2, 0.25) is 0 Å². The fourth-order valence-electron chi connectivity index (χ4n) is 0.944. The molecule has 0 saturated carbocycles. The second kappa shape index (κ2) is 4.83. The van der Waals surface area contributed by atoms with Crippen molar-refractivity contribution in [3.63, 3.8) is 0 Å². The molecule has 0 amide bonds. The Morgan fingerprint density at radius 2 is 2.36 bits per heavy atom. The first-order chi connectivity index (χ1) is 6.76. The number of benzene rings is 1. The summed E-state index contributed by atoms with van der Waals surface area (Å²) < 4.78 is 4.44. The fraction of sp³-hybridized carbons (Fsp3) is 0.0909. The van der Waals surface area contributed by atoms with E-state index in [1.807, 2.05) is 6.07 Å². The Kier molecular flexibility index (Phi) is 3.45. The van der Waals surface area contributed by atoms with Crippen LogP contribution in [0.15, 0.2) is 30.3 Å². The molecule has 1 aromatic carbocycles. The third-order valence-corrected chi connectivity index (χ3v) is 1.63. The van der Waals surface area contributed by atoms with Crippen molar-refractivity contribution in [1.29, 1.82) is 5.26 Å². The molecule has 0 aliphatic carbocycles. The van der Waals surface area contributed by atoms with Gasteiger partial charge in [-0.05, 0) is 23.8 Å². The summed E-state index contributed by atoms with van der Waals surface area (Å²) in [6.07, 6.45) is 2.92.